The van der Waals surface area contributed by atoms with E-state index in [0.29, 0.717) is 13.3 Å². The van der Waals surface area contributed by atoms with Crippen LogP contribution in [0.2, 0.25) is 0 Å². The molecule has 150 valence electrons. The topological polar surface area (TPSA) is 58.1 Å². The van der Waals surface area contributed by atoms with Gasteiger partial charge in [0, 0.05) is 19.6 Å². The Morgan fingerprint density at radius 2 is 1.82 bits per heavy atom. The average Bonchev–Trinajstić information content (AvgIpc) is 3.14. The number of nitrogens with one attached hydrogen (secondary N) is 2. The molecule has 0 saturated heterocycles. The molecule has 28 heavy (non-hydrogen) atoms. The molecule has 3 rings (SSSR count). The molecule has 0 aromatic heterocycles. The lowest BCUT2D eigenvalue weighted by Gasteiger charge is -2.14. The van der Waals surface area contributed by atoms with E-state index in [4.69, 9.17) is 14.5 Å². The quantitative estimate of drug-likeness (QED) is 0.543. The zero-order valence-electron chi connectivity index (χ0n) is 17.0. The molecule has 0 aliphatic carbocycles. The molecule has 1 aliphatic heterocycles. The molecule has 2 aromatic rings. The van der Waals surface area contributed by atoms with Gasteiger partial charge >= 0.3 is 0 Å². The van der Waals surface area contributed by atoms with Crippen molar-refractivity contribution in [3.05, 3.63) is 59.2 Å². The maximum absolute atomic E-state index is 5.45. The molecule has 0 fully saturated rings. The Morgan fingerprint density at radius 3 is 2.61 bits per heavy atom. The minimum absolute atomic E-state index is 0.309. The highest BCUT2D eigenvalue weighted by Crippen LogP contribution is 2.32. The van der Waals surface area contributed by atoms with Crippen LogP contribution in [0, 0.1) is 0 Å². The summed E-state index contributed by atoms with van der Waals surface area (Å²) in [5, 5.41) is 6.75. The number of rotatable bonds is 8. The number of benzene rings is 2. The third-order valence-electron chi connectivity index (χ3n) is 4.50. The SMILES string of the molecule is CCNC(=NCc1ccccc1CN(C)C)NCCc1ccc2c(c1)OCO2. The van der Waals surface area contributed by atoms with E-state index in [1.165, 1.54) is 16.7 Å². The summed E-state index contributed by atoms with van der Waals surface area (Å²) in [5.74, 6) is 2.49. The largest absolute Gasteiger partial charge is 0.454 e. The van der Waals surface area contributed by atoms with Crippen molar-refractivity contribution >= 4 is 5.96 Å². The second-order valence-electron chi connectivity index (χ2n) is 7.07. The first kappa shape index (κ1) is 20.0. The van der Waals surface area contributed by atoms with Crippen molar-refractivity contribution in [2.75, 3.05) is 34.0 Å². The fraction of sp³-hybridized carbons (Fsp3) is 0.409. The molecule has 0 spiro atoms. The number of hydrogen-bond donors (Lipinski definition) is 2. The molecule has 1 aliphatic rings. The molecule has 2 N–H and O–H groups in total. The fourth-order valence-electron chi connectivity index (χ4n) is 3.13. The van der Waals surface area contributed by atoms with Crippen molar-refractivity contribution < 1.29 is 9.47 Å². The normalized spacial score (nSPS) is 13.1. The van der Waals surface area contributed by atoms with Gasteiger partial charge in [-0.05, 0) is 56.3 Å². The molecule has 0 atom stereocenters. The standard InChI is InChI=1S/C22H30N4O2/c1-4-23-22(25-14-18-7-5-6-8-19(18)15-26(2)3)24-12-11-17-9-10-20-21(13-17)28-16-27-20/h5-10,13H,4,11-12,14-16H2,1-3H3,(H2,23,24,25). The maximum atomic E-state index is 5.45. The zero-order valence-corrected chi connectivity index (χ0v) is 17.0. The van der Waals surface area contributed by atoms with E-state index >= 15 is 0 Å². The summed E-state index contributed by atoms with van der Waals surface area (Å²) in [7, 11) is 4.17. The van der Waals surface area contributed by atoms with Crippen molar-refractivity contribution in [1.29, 1.82) is 0 Å². The second kappa shape index (κ2) is 9.99. The first-order valence-electron chi connectivity index (χ1n) is 9.78. The van der Waals surface area contributed by atoms with E-state index in [0.717, 1.165) is 43.5 Å². The summed E-state index contributed by atoms with van der Waals surface area (Å²) >= 11 is 0. The Bertz CT molecular complexity index is 805. The molecule has 6 heteroatoms. The van der Waals surface area contributed by atoms with Gasteiger partial charge in [0.25, 0.3) is 0 Å². The Morgan fingerprint density at radius 1 is 1.04 bits per heavy atom. The van der Waals surface area contributed by atoms with Crippen LogP contribution in [0.3, 0.4) is 0 Å². The van der Waals surface area contributed by atoms with Crippen molar-refractivity contribution in [1.82, 2.24) is 15.5 Å². The highest BCUT2D eigenvalue weighted by atomic mass is 16.7. The van der Waals surface area contributed by atoms with E-state index in [1.54, 1.807) is 0 Å². The van der Waals surface area contributed by atoms with Crippen molar-refractivity contribution in [2.24, 2.45) is 4.99 Å². The van der Waals surface area contributed by atoms with Gasteiger partial charge in [0.2, 0.25) is 6.79 Å². The van der Waals surface area contributed by atoms with Gasteiger partial charge in [-0.2, -0.15) is 0 Å². The number of hydrogen-bond acceptors (Lipinski definition) is 4. The average molecular weight is 383 g/mol. The molecular formula is C22H30N4O2. The highest BCUT2D eigenvalue weighted by Gasteiger charge is 2.13. The van der Waals surface area contributed by atoms with E-state index in [9.17, 15) is 0 Å². The van der Waals surface area contributed by atoms with Crippen molar-refractivity contribution in [2.45, 2.75) is 26.4 Å². The van der Waals surface area contributed by atoms with Crippen LogP contribution in [-0.4, -0.2) is 44.8 Å². The Balaban J connectivity index is 1.57. The lowest BCUT2D eigenvalue weighted by Crippen LogP contribution is -2.38. The van der Waals surface area contributed by atoms with Crippen LogP contribution in [0.4, 0.5) is 0 Å². The molecule has 0 radical (unpaired) electrons. The van der Waals surface area contributed by atoms with Gasteiger partial charge < -0.3 is 25.0 Å². The van der Waals surface area contributed by atoms with Gasteiger partial charge in [-0.25, -0.2) is 4.99 Å². The predicted molar refractivity (Wildman–Crippen MR) is 113 cm³/mol. The molecular weight excluding hydrogens is 352 g/mol. The number of ether oxygens (including phenoxy) is 2. The molecule has 0 bridgehead atoms. The minimum atomic E-state index is 0.309. The summed E-state index contributed by atoms with van der Waals surface area (Å²) in [6.07, 6.45) is 0.887. The molecule has 6 nitrogen and oxygen atoms in total. The summed E-state index contributed by atoms with van der Waals surface area (Å²) in [4.78, 5) is 6.95. The van der Waals surface area contributed by atoms with Crippen LogP contribution in [0.25, 0.3) is 0 Å². The van der Waals surface area contributed by atoms with Crippen molar-refractivity contribution in [3.8, 4) is 11.5 Å². The molecule has 0 saturated carbocycles. The predicted octanol–water partition coefficient (Wildman–Crippen LogP) is 2.77. The minimum Gasteiger partial charge on any atom is -0.454 e. The number of fused-ring (bicyclic) bond motifs is 1. The van der Waals surface area contributed by atoms with Crippen LogP contribution in [-0.2, 0) is 19.5 Å². The van der Waals surface area contributed by atoms with Crippen LogP contribution in [0.5, 0.6) is 11.5 Å². The van der Waals surface area contributed by atoms with Gasteiger partial charge in [0.05, 0.1) is 6.54 Å². The maximum Gasteiger partial charge on any atom is 0.231 e. The van der Waals surface area contributed by atoms with E-state index in [2.05, 4.69) is 66.9 Å². The summed E-state index contributed by atoms with van der Waals surface area (Å²) in [5.41, 5.74) is 3.78. The van der Waals surface area contributed by atoms with Gasteiger partial charge in [-0.15, -0.1) is 0 Å². The van der Waals surface area contributed by atoms with E-state index < -0.39 is 0 Å². The van der Waals surface area contributed by atoms with Crippen LogP contribution < -0.4 is 20.1 Å². The molecule has 0 amide bonds. The Labute approximate surface area is 167 Å². The monoisotopic (exact) mass is 382 g/mol. The van der Waals surface area contributed by atoms with Crippen molar-refractivity contribution in [3.63, 3.8) is 0 Å². The van der Waals surface area contributed by atoms with Gasteiger partial charge in [-0.3, -0.25) is 0 Å². The zero-order chi connectivity index (χ0) is 19.8. The Kier molecular flexibility index (Phi) is 7.14. The van der Waals surface area contributed by atoms with E-state index in [-0.39, 0.29) is 0 Å². The third-order valence-corrected chi connectivity index (χ3v) is 4.50. The highest BCUT2D eigenvalue weighted by molar-refractivity contribution is 5.79. The van der Waals surface area contributed by atoms with Crippen LogP contribution in [0.15, 0.2) is 47.5 Å². The molecule has 1 heterocycles. The molecule has 0 unspecified atom stereocenters. The molecule has 2 aromatic carbocycles. The van der Waals surface area contributed by atoms with Gasteiger partial charge in [0.15, 0.2) is 17.5 Å². The number of aliphatic imine (C=N–C) groups is 1. The van der Waals surface area contributed by atoms with Gasteiger partial charge in [0.1, 0.15) is 0 Å². The summed E-state index contributed by atoms with van der Waals surface area (Å²) in [6, 6.07) is 14.6. The summed E-state index contributed by atoms with van der Waals surface area (Å²) < 4.78 is 10.8. The summed E-state index contributed by atoms with van der Waals surface area (Å²) in [6.45, 7) is 5.59. The first-order chi connectivity index (χ1) is 13.7. The number of nitrogens with zero attached hydrogens (tertiary/aromatic N) is 2. The smallest absolute Gasteiger partial charge is 0.231 e. The Hall–Kier alpha value is -2.73. The number of guanidine groups is 1. The lowest BCUT2D eigenvalue weighted by molar-refractivity contribution is 0.174. The first-order valence-corrected chi connectivity index (χ1v) is 9.78. The third kappa shape index (κ3) is 5.63. The van der Waals surface area contributed by atoms with Gasteiger partial charge in [-0.1, -0.05) is 30.3 Å². The lowest BCUT2D eigenvalue weighted by atomic mass is 10.1. The van der Waals surface area contributed by atoms with Crippen LogP contribution >= 0.6 is 0 Å². The second-order valence-corrected chi connectivity index (χ2v) is 7.07. The fourth-order valence-corrected chi connectivity index (χ4v) is 3.13. The van der Waals surface area contributed by atoms with E-state index in [1.807, 2.05) is 12.1 Å². The van der Waals surface area contributed by atoms with Crippen LogP contribution in [0.1, 0.15) is 23.6 Å².